The van der Waals surface area contributed by atoms with Crippen molar-refractivity contribution in [2.45, 2.75) is 52.5 Å². The smallest absolute Gasteiger partial charge is 0.326 e. The number of ether oxygens (including phenoxy) is 1. The van der Waals surface area contributed by atoms with Crippen molar-refractivity contribution in [3.63, 3.8) is 0 Å². The van der Waals surface area contributed by atoms with Crippen molar-refractivity contribution >= 4 is 25.2 Å². The summed E-state index contributed by atoms with van der Waals surface area (Å²) in [4.78, 5) is 36.5. The Balaban J connectivity index is 2.00. The van der Waals surface area contributed by atoms with Crippen LogP contribution >= 0.6 is 7.37 Å². The molecule has 1 amide bonds. The third kappa shape index (κ3) is 10.8. The molecule has 0 bridgehead atoms. The van der Waals surface area contributed by atoms with Gasteiger partial charge in [-0.2, -0.15) is 0 Å². The number of rotatable bonds is 14. The maximum absolute atomic E-state index is 13.6. The first-order valence-corrected chi connectivity index (χ1v) is 14.0. The van der Waals surface area contributed by atoms with E-state index in [2.05, 4.69) is 5.32 Å². The second-order valence-electron chi connectivity index (χ2n) is 9.72. The van der Waals surface area contributed by atoms with E-state index in [0.717, 1.165) is 24.0 Å². The van der Waals surface area contributed by atoms with Gasteiger partial charge in [-0.25, -0.2) is 4.79 Å². The van der Waals surface area contributed by atoms with Crippen LogP contribution in [0.4, 0.5) is 0 Å². The molecule has 2 atom stereocenters. The summed E-state index contributed by atoms with van der Waals surface area (Å²) in [7, 11) is -3.56. The van der Waals surface area contributed by atoms with Crippen molar-refractivity contribution in [3.05, 3.63) is 71.8 Å². The molecule has 0 spiro atoms. The number of aryl methyl sites for hydroxylation is 1. The lowest BCUT2D eigenvalue weighted by Gasteiger charge is -2.22. The van der Waals surface area contributed by atoms with Gasteiger partial charge in [0, 0.05) is 12.6 Å². The van der Waals surface area contributed by atoms with Gasteiger partial charge in [0.25, 0.3) is 0 Å². The van der Waals surface area contributed by atoms with Crippen LogP contribution in [0.3, 0.4) is 0 Å². The Kier molecular flexibility index (Phi) is 11.3. The summed E-state index contributed by atoms with van der Waals surface area (Å²) in [5.74, 6) is -2.40. The summed E-state index contributed by atoms with van der Waals surface area (Å²) in [5.41, 5.74) is 1.14. The Morgan fingerprint density at radius 1 is 0.944 bits per heavy atom. The molecule has 8 nitrogen and oxygen atoms in total. The summed E-state index contributed by atoms with van der Waals surface area (Å²) in [6.45, 7) is 4.52. The molecular weight excluding hydrogens is 481 g/mol. The van der Waals surface area contributed by atoms with Crippen LogP contribution in [0.25, 0.3) is 0 Å². The third-order valence-corrected chi connectivity index (χ3v) is 7.79. The minimum Gasteiger partial charge on any atom is -0.480 e. The van der Waals surface area contributed by atoms with Gasteiger partial charge in [0.1, 0.15) is 12.2 Å². The van der Waals surface area contributed by atoms with Gasteiger partial charge < -0.3 is 15.2 Å². The highest BCUT2D eigenvalue weighted by atomic mass is 31.2. The van der Waals surface area contributed by atoms with E-state index in [1.165, 1.54) is 0 Å². The van der Waals surface area contributed by atoms with E-state index in [0.29, 0.717) is 6.42 Å². The quantitative estimate of drug-likeness (QED) is 0.162. The number of unbranched alkanes of at least 4 members (excludes halogenated alkanes) is 1. The fraction of sp³-hybridized carbons (Fsp3) is 0.444. The molecule has 0 aliphatic heterocycles. The summed E-state index contributed by atoms with van der Waals surface area (Å²) in [5, 5.41) is 12.0. The average Bonchev–Trinajstić information content (AvgIpc) is 2.82. The lowest BCUT2D eigenvalue weighted by molar-refractivity contribution is -0.159. The maximum atomic E-state index is 13.6. The Morgan fingerprint density at radius 2 is 1.53 bits per heavy atom. The van der Waals surface area contributed by atoms with Crippen LogP contribution in [0.5, 0.6) is 0 Å². The molecule has 2 aromatic carbocycles. The second-order valence-corrected chi connectivity index (χ2v) is 12.4. The van der Waals surface area contributed by atoms with Gasteiger partial charge in [-0.3, -0.25) is 18.7 Å². The van der Waals surface area contributed by atoms with Crippen LogP contribution in [-0.4, -0.2) is 48.1 Å². The molecule has 0 fully saturated rings. The topological polar surface area (TPSA) is 119 Å². The summed E-state index contributed by atoms with van der Waals surface area (Å²) < 4.78 is 24.1. The molecule has 196 valence electrons. The SMILES string of the molecule is CC(C)(C)C(=O)OCOP(=O)(CCCCc1ccccc1)CC(=O)N[C@@H](Cc1ccccc1)C(=O)O. The molecule has 0 aromatic heterocycles. The van der Waals surface area contributed by atoms with Gasteiger partial charge in [0.05, 0.1) is 5.41 Å². The van der Waals surface area contributed by atoms with Crippen LogP contribution in [-0.2, 0) is 41.1 Å². The molecule has 0 radical (unpaired) electrons. The number of carbonyl (C=O) groups excluding carboxylic acids is 2. The van der Waals surface area contributed by atoms with Gasteiger partial charge in [0.2, 0.25) is 13.3 Å². The molecule has 36 heavy (non-hydrogen) atoms. The Hall–Kier alpha value is -2.96. The highest BCUT2D eigenvalue weighted by Gasteiger charge is 2.31. The number of benzene rings is 2. The molecule has 0 saturated carbocycles. The number of hydrogen-bond acceptors (Lipinski definition) is 6. The Labute approximate surface area is 212 Å². The van der Waals surface area contributed by atoms with Gasteiger partial charge in [-0.15, -0.1) is 0 Å². The monoisotopic (exact) mass is 517 g/mol. The van der Waals surface area contributed by atoms with E-state index < -0.39 is 49.6 Å². The molecule has 0 heterocycles. The molecule has 0 aliphatic carbocycles. The largest absolute Gasteiger partial charge is 0.480 e. The molecule has 2 N–H and O–H groups in total. The van der Waals surface area contributed by atoms with E-state index in [1.54, 1.807) is 45.0 Å². The fourth-order valence-electron chi connectivity index (χ4n) is 3.42. The molecular formula is C27H36NO7P. The zero-order valence-electron chi connectivity index (χ0n) is 21.1. The minimum atomic E-state index is -3.56. The first-order chi connectivity index (χ1) is 17.0. The van der Waals surface area contributed by atoms with Crippen LogP contribution in [0, 0.1) is 5.41 Å². The fourth-order valence-corrected chi connectivity index (χ4v) is 5.27. The van der Waals surface area contributed by atoms with Crippen LogP contribution < -0.4 is 5.32 Å². The van der Waals surface area contributed by atoms with E-state index in [-0.39, 0.29) is 12.6 Å². The predicted octanol–water partition coefficient (Wildman–Crippen LogP) is 4.66. The van der Waals surface area contributed by atoms with Gasteiger partial charge in [-0.05, 0) is 51.2 Å². The standard InChI is InChI=1S/C27H36NO7P/c1-27(2,3)26(32)34-20-35-36(33,17-11-10-14-21-12-6-4-7-13-21)19-24(29)28-23(25(30)31)18-22-15-8-5-9-16-22/h4-9,12-13,15-16,23H,10-11,14,17-20H2,1-3H3,(H,28,29)(H,30,31)/t23-,36?/m0/s1. The molecule has 0 saturated heterocycles. The molecule has 1 unspecified atom stereocenters. The van der Waals surface area contributed by atoms with Crippen molar-refractivity contribution in [2.24, 2.45) is 5.41 Å². The van der Waals surface area contributed by atoms with Gasteiger partial charge in [-0.1, -0.05) is 60.7 Å². The highest BCUT2D eigenvalue weighted by Crippen LogP contribution is 2.47. The summed E-state index contributed by atoms with van der Waals surface area (Å²) in [6.07, 6.45) is 1.74. The second kappa shape index (κ2) is 14.0. The number of hydrogen-bond donors (Lipinski definition) is 2. The van der Waals surface area contributed by atoms with E-state index >= 15 is 0 Å². The van der Waals surface area contributed by atoms with Crippen LogP contribution in [0.2, 0.25) is 0 Å². The Bertz CT molecular complexity index is 1040. The number of aliphatic carboxylic acids is 1. The van der Waals surface area contributed by atoms with Crippen molar-refractivity contribution in [3.8, 4) is 0 Å². The lowest BCUT2D eigenvalue weighted by Crippen LogP contribution is -2.43. The third-order valence-electron chi connectivity index (χ3n) is 5.45. The van der Waals surface area contributed by atoms with Crippen LogP contribution in [0.15, 0.2) is 60.7 Å². The number of amides is 1. The van der Waals surface area contributed by atoms with E-state index in [9.17, 15) is 24.1 Å². The summed E-state index contributed by atoms with van der Waals surface area (Å²) in [6, 6.07) is 17.6. The number of esters is 1. The van der Waals surface area contributed by atoms with Crippen molar-refractivity contribution in [1.29, 1.82) is 0 Å². The average molecular weight is 518 g/mol. The van der Waals surface area contributed by atoms with E-state index in [4.69, 9.17) is 9.26 Å². The highest BCUT2D eigenvalue weighted by molar-refractivity contribution is 7.59. The van der Waals surface area contributed by atoms with Gasteiger partial charge >= 0.3 is 11.9 Å². The number of nitrogens with one attached hydrogen (secondary N) is 1. The van der Waals surface area contributed by atoms with Gasteiger partial charge in [0.15, 0.2) is 6.79 Å². The maximum Gasteiger partial charge on any atom is 0.326 e. The number of carboxylic acids is 1. The lowest BCUT2D eigenvalue weighted by atomic mass is 9.98. The van der Waals surface area contributed by atoms with Crippen molar-refractivity contribution < 1.29 is 33.3 Å². The molecule has 0 aliphatic rings. The first-order valence-electron chi connectivity index (χ1n) is 12.0. The van der Waals surface area contributed by atoms with Crippen LogP contribution in [0.1, 0.15) is 44.7 Å². The number of carbonyl (C=O) groups is 3. The molecule has 9 heteroatoms. The summed E-state index contributed by atoms with van der Waals surface area (Å²) >= 11 is 0. The van der Waals surface area contributed by atoms with Crippen molar-refractivity contribution in [1.82, 2.24) is 5.32 Å². The zero-order valence-corrected chi connectivity index (χ0v) is 22.0. The minimum absolute atomic E-state index is 0.0906. The normalized spacial score (nSPS) is 13.9. The molecule has 2 aromatic rings. The number of carboxylic acid groups (broad SMARTS) is 1. The first kappa shape index (κ1) is 29.3. The molecule has 2 rings (SSSR count). The Morgan fingerprint density at radius 3 is 2.08 bits per heavy atom. The van der Waals surface area contributed by atoms with E-state index in [1.807, 2.05) is 36.4 Å². The predicted molar refractivity (Wildman–Crippen MR) is 138 cm³/mol. The zero-order chi connectivity index (χ0) is 26.6. The van der Waals surface area contributed by atoms with Crippen molar-refractivity contribution in [2.75, 3.05) is 19.1 Å².